The number of unbranched alkanes of at least 4 members (excludes halogenated alkanes) is 2. The minimum atomic E-state index is -0.0570. The van der Waals surface area contributed by atoms with Crippen LogP contribution in [-0.4, -0.2) is 25.6 Å². The van der Waals surface area contributed by atoms with Crippen LogP contribution in [0.25, 0.3) is 6.08 Å². The maximum absolute atomic E-state index is 12.8. The minimum Gasteiger partial charge on any atom is -0.493 e. The van der Waals surface area contributed by atoms with E-state index in [-0.39, 0.29) is 5.78 Å². The Morgan fingerprint density at radius 2 is 1.58 bits per heavy atom. The number of ketones is 1. The molecule has 33 heavy (non-hydrogen) atoms. The zero-order chi connectivity index (χ0) is 23.9. The van der Waals surface area contributed by atoms with Gasteiger partial charge < -0.3 is 14.2 Å². The third-order valence-electron chi connectivity index (χ3n) is 5.16. The maximum atomic E-state index is 12.8. The van der Waals surface area contributed by atoms with E-state index in [9.17, 15) is 4.79 Å². The van der Waals surface area contributed by atoms with E-state index in [1.165, 1.54) is 0 Å². The van der Waals surface area contributed by atoms with Crippen molar-refractivity contribution in [1.82, 2.24) is 0 Å². The van der Waals surface area contributed by atoms with Crippen molar-refractivity contribution in [2.75, 3.05) is 19.8 Å². The van der Waals surface area contributed by atoms with Crippen LogP contribution in [0.3, 0.4) is 0 Å². The number of hydrogen-bond acceptors (Lipinski definition) is 4. The van der Waals surface area contributed by atoms with Crippen molar-refractivity contribution >= 4 is 11.9 Å². The highest BCUT2D eigenvalue weighted by Gasteiger charge is 2.12. The molecular weight excluding hydrogens is 412 g/mol. The summed E-state index contributed by atoms with van der Waals surface area (Å²) in [5, 5.41) is 0. The Morgan fingerprint density at radius 3 is 2.21 bits per heavy atom. The summed E-state index contributed by atoms with van der Waals surface area (Å²) in [6, 6.07) is 11.2. The molecule has 0 amide bonds. The highest BCUT2D eigenvalue weighted by Crippen LogP contribution is 2.32. The van der Waals surface area contributed by atoms with Gasteiger partial charge in [0.2, 0.25) is 0 Å². The van der Waals surface area contributed by atoms with Crippen molar-refractivity contribution in [3.63, 3.8) is 0 Å². The topological polar surface area (TPSA) is 44.8 Å². The molecule has 4 heteroatoms. The normalized spacial score (nSPS) is 10.9. The van der Waals surface area contributed by atoms with Crippen LogP contribution < -0.4 is 14.2 Å². The maximum Gasteiger partial charge on any atom is 0.185 e. The Labute approximate surface area is 199 Å². The van der Waals surface area contributed by atoms with Crippen LogP contribution in [0.4, 0.5) is 0 Å². The van der Waals surface area contributed by atoms with Gasteiger partial charge >= 0.3 is 0 Å². The summed E-state index contributed by atoms with van der Waals surface area (Å²) >= 11 is 0. The smallest absolute Gasteiger partial charge is 0.185 e. The zero-order valence-electron chi connectivity index (χ0n) is 20.4. The molecular formula is C29H38O4. The lowest BCUT2D eigenvalue weighted by molar-refractivity contribution is 0.104. The summed E-state index contributed by atoms with van der Waals surface area (Å²) in [5.74, 6) is 2.30. The minimum absolute atomic E-state index is 0.0570. The van der Waals surface area contributed by atoms with E-state index in [1.54, 1.807) is 36.4 Å². The molecule has 2 aromatic carbocycles. The molecule has 0 saturated carbocycles. The molecule has 0 spiro atoms. The van der Waals surface area contributed by atoms with E-state index < -0.39 is 0 Å². The Morgan fingerprint density at radius 1 is 0.879 bits per heavy atom. The zero-order valence-corrected chi connectivity index (χ0v) is 20.4. The lowest BCUT2D eigenvalue weighted by Crippen LogP contribution is -2.04. The first-order valence-electron chi connectivity index (χ1n) is 12.1. The lowest BCUT2D eigenvalue weighted by atomic mass is 9.99. The predicted octanol–water partition coefficient (Wildman–Crippen LogP) is 7.46. The van der Waals surface area contributed by atoms with Gasteiger partial charge in [0.15, 0.2) is 5.78 Å². The number of rotatable bonds is 16. The molecule has 0 radical (unpaired) electrons. The molecule has 2 rings (SSSR count). The second-order valence-electron chi connectivity index (χ2n) is 7.96. The largest absolute Gasteiger partial charge is 0.493 e. The average Bonchev–Trinajstić information content (AvgIpc) is 2.83. The molecule has 4 nitrogen and oxygen atoms in total. The van der Waals surface area contributed by atoms with Crippen LogP contribution >= 0.6 is 0 Å². The van der Waals surface area contributed by atoms with Gasteiger partial charge in [-0.1, -0.05) is 58.8 Å². The summed E-state index contributed by atoms with van der Waals surface area (Å²) in [6.45, 7) is 11.9. The van der Waals surface area contributed by atoms with E-state index in [2.05, 4.69) is 27.4 Å². The molecule has 2 aromatic rings. The summed E-state index contributed by atoms with van der Waals surface area (Å²) in [4.78, 5) is 12.8. The fraction of sp³-hybridized carbons (Fsp3) is 0.414. The van der Waals surface area contributed by atoms with Crippen molar-refractivity contribution in [3.8, 4) is 17.2 Å². The van der Waals surface area contributed by atoms with Gasteiger partial charge in [-0.2, -0.15) is 0 Å². The Kier molecular flexibility index (Phi) is 11.9. The summed E-state index contributed by atoms with van der Waals surface area (Å²) in [7, 11) is 0. The highest BCUT2D eigenvalue weighted by molar-refractivity contribution is 6.07. The summed E-state index contributed by atoms with van der Waals surface area (Å²) in [5.41, 5.74) is 2.70. The SMILES string of the molecule is C=CCOc1ccc(C(=O)/C=C/c2cc(OCCCC)cc(OCCCC)c2CCC)cc1. The van der Waals surface area contributed by atoms with Crippen molar-refractivity contribution in [3.05, 3.63) is 71.8 Å². The third kappa shape index (κ3) is 8.80. The van der Waals surface area contributed by atoms with Gasteiger partial charge in [0.25, 0.3) is 0 Å². The number of benzene rings is 2. The Balaban J connectivity index is 2.28. The van der Waals surface area contributed by atoms with E-state index in [0.717, 1.165) is 61.2 Å². The van der Waals surface area contributed by atoms with Crippen molar-refractivity contribution < 1.29 is 19.0 Å². The van der Waals surface area contributed by atoms with Crippen molar-refractivity contribution in [1.29, 1.82) is 0 Å². The van der Waals surface area contributed by atoms with Crippen LogP contribution in [0.5, 0.6) is 17.2 Å². The Bertz CT molecular complexity index is 897. The highest BCUT2D eigenvalue weighted by atomic mass is 16.5. The first-order chi connectivity index (χ1) is 16.1. The molecule has 0 fully saturated rings. The fourth-order valence-electron chi connectivity index (χ4n) is 3.31. The van der Waals surface area contributed by atoms with Crippen LogP contribution in [0, 0.1) is 0 Å². The molecule has 0 saturated heterocycles. The molecule has 0 unspecified atom stereocenters. The lowest BCUT2D eigenvalue weighted by Gasteiger charge is -2.16. The van der Waals surface area contributed by atoms with Crippen LogP contribution in [0.2, 0.25) is 0 Å². The monoisotopic (exact) mass is 450 g/mol. The third-order valence-corrected chi connectivity index (χ3v) is 5.16. The van der Waals surface area contributed by atoms with E-state index >= 15 is 0 Å². The molecule has 0 heterocycles. The number of hydrogen-bond donors (Lipinski definition) is 0. The fourth-order valence-corrected chi connectivity index (χ4v) is 3.31. The van der Waals surface area contributed by atoms with Gasteiger partial charge in [0, 0.05) is 17.2 Å². The average molecular weight is 451 g/mol. The van der Waals surface area contributed by atoms with Crippen LogP contribution in [0.15, 0.2) is 55.1 Å². The molecule has 0 bridgehead atoms. The van der Waals surface area contributed by atoms with Gasteiger partial charge in [0.05, 0.1) is 13.2 Å². The number of carbonyl (C=O) groups is 1. The van der Waals surface area contributed by atoms with Gasteiger partial charge in [-0.05, 0) is 61.2 Å². The first kappa shape index (κ1) is 26.2. The van der Waals surface area contributed by atoms with E-state index in [0.29, 0.717) is 31.1 Å². The van der Waals surface area contributed by atoms with E-state index in [4.69, 9.17) is 14.2 Å². The Hall–Kier alpha value is -3.01. The molecule has 0 aromatic heterocycles. The van der Waals surface area contributed by atoms with Crippen LogP contribution in [0.1, 0.15) is 74.4 Å². The van der Waals surface area contributed by atoms with Gasteiger partial charge in [-0.15, -0.1) is 0 Å². The van der Waals surface area contributed by atoms with Crippen LogP contribution in [-0.2, 0) is 6.42 Å². The molecule has 0 atom stereocenters. The summed E-state index contributed by atoms with van der Waals surface area (Å²) in [6.07, 6.45) is 11.2. The summed E-state index contributed by atoms with van der Waals surface area (Å²) < 4.78 is 17.6. The number of ether oxygens (including phenoxy) is 3. The molecule has 0 aliphatic rings. The standard InChI is InChI=1S/C29H38O4/c1-5-9-19-32-26-21-24(27(11-7-3)29(22-26)33-20-10-6-2)14-17-28(30)23-12-15-25(16-13-23)31-18-8-4/h8,12-17,21-22H,4-7,9-11,18-20H2,1-3H3/b17-14+. The first-order valence-corrected chi connectivity index (χ1v) is 12.1. The molecule has 0 aliphatic heterocycles. The number of allylic oxidation sites excluding steroid dienone is 1. The van der Waals surface area contributed by atoms with Gasteiger partial charge in [0.1, 0.15) is 23.9 Å². The molecule has 178 valence electrons. The second-order valence-corrected chi connectivity index (χ2v) is 7.96. The van der Waals surface area contributed by atoms with Crippen molar-refractivity contribution in [2.45, 2.75) is 59.3 Å². The second kappa shape index (κ2) is 14.9. The van der Waals surface area contributed by atoms with Crippen molar-refractivity contribution in [2.24, 2.45) is 0 Å². The van der Waals surface area contributed by atoms with Gasteiger partial charge in [-0.25, -0.2) is 0 Å². The van der Waals surface area contributed by atoms with E-state index in [1.807, 2.05) is 18.2 Å². The number of carbonyl (C=O) groups excluding carboxylic acids is 1. The van der Waals surface area contributed by atoms with Gasteiger partial charge in [-0.3, -0.25) is 4.79 Å². The molecule has 0 N–H and O–H groups in total. The quantitative estimate of drug-likeness (QED) is 0.115. The molecule has 0 aliphatic carbocycles. The predicted molar refractivity (Wildman–Crippen MR) is 137 cm³/mol.